The van der Waals surface area contributed by atoms with E-state index >= 15 is 0 Å². The molecule has 0 aliphatic heterocycles. The SMILES string of the molecule is CCN(C(=O)Cc1ccccc1[N+](=O)[O-])C1CCCC1. The van der Waals surface area contributed by atoms with Crippen LogP contribution in [0, 0.1) is 10.1 Å². The molecule has 0 aromatic heterocycles. The minimum atomic E-state index is -0.422. The lowest BCUT2D eigenvalue weighted by molar-refractivity contribution is -0.385. The molecule has 0 bridgehead atoms. The molecule has 5 nitrogen and oxygen atoms in total. The van der Waals surface area contributed by atoms with E-state index in [1.54, 1.807) is 18.2 Å². The van der Waals surface area contributed by atoms with Crippen molar-refractivity contribution in [3.05, 3.63) is 39.9 Å². The van der Waals surface area contributed by atoms with Crippen LogP contribution in [0.15, 0.2) is 24.3 Å². The summed E-state index contributed by atoms with van der Waals surface area (Å²) in [4.78, 5) is 24.8. The van der Waals surface area contributed by atoms with Gasteiger partial charge in [0.05, 0.1) is 11.3 Å². The molecule has 0 N–H and O–H groups in total. The number of rotatable bonds is 5. The monoisotopic (exact) mass is 276 g/mol. The number of carbonyl (C=O) groups excluding carboxylic acids is 1. The zero-order chi connectivity index (χ0) is 14.5. The molecule has 0 saturated heterocycles. The van der Waals surface area contributed by atoms with Gasteiger partial charge in [0, 0.05) is 24.2 Å². The number of nitro benzene ring substituents is 1. The topological polar surface area (TPSA) is 63.5 Å². The van der Waals surface area contributed by atoms with Crippen LogP contribution in [0.5, 0.6) is 0 Å². The molecule has 5 heteroatoms. The highest BCUT2D eigenvalue weighted by molar-refractivity contribution is 5.80. The molecule has 1 aromatic rings. The van der Waals surface area contributed by atoms with Crippen LogP contribution < -0.4 is 0 Å². The number of nitrogens with zero attached hydrogens (tertiary/aromatic N) is 2. The number of likely N-dealkylation sites (N-methyl/N-ethyl adjacent to an activating group) is 1. The fourth-order valence-corrected chi connectivity index (χ4v) is 2.96. The standard InChI is InChI=1S/C15H20N2O3/c1-2-16(13-8-4-5-9-13)15(18)11-12-7-3-6-10-14(12)17(19)20/h3,6-7,10,13H,2,4-5,8-9,11H2,1H3. The molecular weight excluding hydrogens is 256 g/mol. The average molecular weight is 276 g/mol. The van der Waals surface area contributed by atoms with Crippen LogP contribution in [0.2, 0.25) is 0 Å². The maximum atomic E-state index is 12.4. The molecule has 1 aliphatic rings. The van der Waals surface area contributed by atoms with Crippen molar-refractivity contribution < 1.29 is 9.72 Å². The van der Waals surface area contributed by atoms with E-state index in [2.05, 4.69) is 0 Å². The maximum Gasteiger partial charge on any atom is 0.273 e. The minimum Gasteiger partial charge on any atom is -0.340 e. The van der Waals surface area contributed by atoms with Gasteiger partial charge in [-0.05, 0) is 19.8 Å². The second-order valence-electron chi connectivity index (χ2n) is 5.18. The molecule has 1 fully saturated rings. The van der Waals surface area contributed by atoms with Gasteiger partial charge >= 0.3 is 0 Å². The third kappa shape index (κ3) is 3.15. The van der Waals surface area contributed by atoms with Gasteiger partial charge in [-0.3, -0.25) is 14.9 Å². The van der Waals surface area contributed by atoms with E-state index in [4.69, 9.17) is 0 Å². The van der Waals surface area contributed by atoms with Crippen molar-refractivity contribution in [2.75, 3.05) is 6.54 Å². The molecule has 0 heterocycles. The number of hydrogen-bond donors (Lipinski definition) is 0. The molecule has 1 saturated carbocycles. The summed E-state index contributed by atoms with van der Waals surface area (Å²) in [6, 6.07) is 6.80. The zero-order valence-electron chi connectivity index (χ0n) is 11.7. The lowest BCUT2D eigenvalue weighted by Gasteiger charge is -2.27. The molecule has 0 unspecified atom stereocenters. The fourth-order valence-electron chi connectivity index (χ4n) is 2.96. The molecule has 0 spiro atoms. The predicted octanol–water partition coefficient (Wildman–Crippen LogP) is 2.93. The molecule has 1 amide bonds. The predicted molar refractivity (Wildman–Crippen MR) is 76.4 cm³/mol. The van der Waals surface area contributed by atoms with Gasteiger partial charge in [0.15, 0.2) is 0 Å². The number of para-hydroxylation sites is 1. The summed E-state index contributed by atoms with van der Waals surface area (Å²) >= 11 is 0. The Labute approximate surface area is 118 Å². The van der Waals surface area contributed by atoms with E-state index in [9.17, 15) is 14.9 Å². The van der Waals surface area contributed by atoms with Crippen molar-refractivity contribution in [3.8, 4) is 0 Å². The third-order valence-electron chi connectivity index (χ3n) is 3.96. The van der Waals surface area contributed by atoms with Crippen LogP contribution in [-0.2, 0) is 11.2 Å². The molecule has 0 atom stereocenters. The molecule has 0 radical (unpaired) electrons. The minimum absolute atomic E-state index is 0.00583. The summed E-state index contributed by atoms with van der Waals surface area (Å²) in [7, 11) is 0. The van der Waals surface area contributed by atoms with Gasteiger partial charge in [0.25, 0.3) is 5.69 Å². The average Bonchev–Trinajstić information content (AvgIpc) is 2.94. The van der Waals surface area contributed by atoms with Crippen LogP contribution in [0.25, 0.3) is 0 Å². The van der Waals surface area contributed by atoms with Crippen molar-refractivity contribution in [3.63, 3.8) is 0 Å². The van der Waals surface area contributed by atoms with E-state index in [0.717, 1.165) is 12.8 Å². The highest BCUT2D eigenvalue weighted by Crippen LogP contribution is 2.25. The lowest BCUT2D eigenvalue weighted by atomic mass is 10.1. The molecular formula is C15H20N2O3. The Hall–Kier alpha value is -1.91. The number of amides is 1. The summed E-state index contributed by atoms with van der Waals surface area (Å²) in [5, 5.41) is 11.0. The van der Waals surface area contributed by atoms with Crippen molar-refractivity contribution in [2.45, 2.75) is 45.1 Å². The molecule has 2 rings (SSSR count). The smallest absolute Gasteiger partial charge is 0.273 e. The summed E-state index contributed by atoms with van der Waals surface area (Å²) in [5.74, 6) is -0.00583. The van der Waals surface area contributed by atoms with Crippen LogP contribution in [-0.4, -0.2) is 28.3 Å². The lowest BCUT2D eigenvalue weighted by Crippen LogP contribution is -2.39. The van der Waals surface area contributed by atoms with Crippen molar-refractivity contribution in [1.29, 1.82) is 0 Å². The maximum absolute atomic E-state index is 12.4. The van der Waals surface area contributed by atoms with Gasteiger partial charge in [-0.1, -0.05) is 31.0 Å². The second kappa shape index (κ2) is 6.50. The van der Waals surface area contributed by atoms with E-state index in [1.165, 1.54) is 18.9 Å². The quantitative estimate of drug-likeness (QED) is 0.613. The first-order chi connectivity index (χ1) is 9.63. The first-order valence-electron chi connectivity index (χ1n) is 7.15. The van der Waals surface area contributed by atoms with Gasteiger partial charge in [0.1, 0.15) is 0 Å². The van der Waals surface area contributed by atoms with Gasteiger partial charge < -0.3 is 4.90 Å². The first kappa shape index (κ1) is 14.5. The van der Waals surface area contributed by atoms with E-state index in [0.29, 0.717) is 18.2 Å². The Morgan fingerprint density at radius 3 is 2.60 bits per heavy atom. The van der Waals surface area contributed by atoms with Crippen LogP contribution in [0.4, 0.5) is 5.69 Å². The Morgan fingerprint density at radius 1 is 1.35 bits per heavy atom. The summed E-state index contributed by atoms with van der Waals surface area (Å²) in [6.07, 6.45) is 4.55. The number of nitro groups is 1. The van der Waals surface area contributed by atoms with Crippen LogP contribution in [0.3, 0.4) is 0 Å². The van der Waals surface area contributed by atoms with Gasteiger partial charge in [-0.2, -0.15) is 0 Å². The molecule has 108 valence electrons. The second-order valence-corrected chi connectivity index (χ2v) is 5.18. The number of hydrogen-bond acceptors (Lipinski definition) is 3. The highest BCUT2D eigenvalue weighted by Gasteiger charge is 2.26. The van der Waals surface area contributed by atoms with Crippen molar-refractivity contribution >= 4 is 11.6 Å². The summed E-state index contributed by atoms with van der Waals surface area (Å²) in [6.45, 7) is 2.64. The number of carbonyl (C=O) groups is 1. The molecule has 1 aliphatic carbocycles. The Bertz CT molecular complexity index is 496. The Balaban J connectivity index is 2.12. The summed E-state index contributed by atoms with van der Waals surface area (Å²) in [5.41, 5.74) is 0.530. The highest BCUT2D eigenvalue weighted by atomic mass is 16.6. The van der Waals surface area contributed by atoms with Gasteiger partial charge in [-0.25, -0.2) is 0 Å². The van der Waals surface area contributed by atoms with Gasteiger partial charge in [0.2, 0.25) is 5.91 Å². The summed E-state index contributed by atoms with van der Waals surface area (Å²) < 4.78 is 0. The normalized spacial score (nSPS) is 15.2. The fraction of sp³-hybridized carbons (Fsp3) is 0.533. The van der Waals surface area contributed by atoms with E-state index in [-0.39, 0.29) is 18.0 Å². The Kier molecular flexibility index (Phi) is 4.71. The van der Waals surface area contributed by atoms with Crippen LogP contribution >= 0.6 is 0 Å². The van der Waals surface area contributed by atoms with Crippen LogP contribution in [0.1, 0.15) is 38.2 Å². The van der Waals surface area contributed by atoms with Crippen molar-refractivity contribution in [2.24, 2.45) is 0 Å². The number of benzene rings is 1. The first-order valence-corrected chi connectivity index (χ1v) is 7.15. The van der Waals surface area contributed by atoms with E-state index in [1.807, 2.05) is 11.8 Å². The zero-order valence-corrected chi connectivity index (χ0v) is 11.7. The van der Waals surface area contributed by atoms with Gasteiger partial charge in [-0.15, -0.1) is 0 Å². The van der Waals surface area contributed by atoms with Crippen molar-refractivity contribution in [1.82, 2.24) is 4.90 Å². The van der Waals surface area contributed by atoms with E-state index < -0.39 is 4.92 Å². The molecule has 20 heavy (non-hydrogen) atoms. The third-order valence-corrected chi connectivity index (χ3v) is 3.96. The Morgan fingerprint density at radius 2 is 2.00 bits per heavy atom. The largest absolute Gasteiger partial charge is 0.340 e. The molecule has 1 aromatic carbocycles.